The lowest BCUT2D eigenvalue weighted by Crippen LogP contribution is -2.30. The smallest absolute Gasteiger partial charge is 0.265 e. The van der Waals surface area contributed by atoms with Gasteiger partial charge in [-0.2, -0.15) is 0 Å². The van der Waals surface area contributed by atoms with Crippen LogP contribution < -0.4 is 10.1 Å². The first-order valence-electron chi connectivity index (χ1n) is 6.45. The number of ether oxygens (including phenoxy) is 1. The average Bonchev–Trinajstić information content (AvgIpc) is 2.43. The Morgan fingerprint density at radius 1 is 1.14 bits per heavy atom. The van der Waals surface area contributed by atoms with E-state index in [9.17, 15) is 4.79 Å². The Kier molecular flexibility index (Phi) is 5.10. The fourth-order valence-electron chi connectivity index (χ4n) is 1.79. The summed E-state index contributed by atoms with van der Waals surface area (Å²) in [6.07, 6.45) is -0.667. The van der Waals surface area contributed by atoms with E-state index in [0.717, 1.165) is 5.56 Å². The van der Waals surface area contributed by atoms with E-state index < -0.39 is 6.10 Å². The summed E-state index contributed by atoms with van der Waals surface area (Å²) in [5.74, 6) is 0.328. The number of carbonyl (C=O) groups excluding carboxylic acids is 1. The fourth-order valence-corrected chi connectivity index (χ4v) is 2.28. The summed E-state index contributed by atoms with van der Waals surface area (Å²) in [5, 5.41) is 3.46. The van der Waals surface area contributed by atoms with Crippen LogP contribution in [0.1, 0.15) is 12.5 Å². The molecule has 2 rings (SSSR count). The number of hydrogen-bond donors (Lipinski definition) is 1. The van der Waals surface area contributed by atoms with E-state index >= 15 is 0 Å². The number of hydrogen-bond acceptors (Lipinski definition) is 2. The van der Waals surface area contributed by atoms with Crippen molar-refractivity contribution in [3.8, 4) is 5.75 Å². The lowest BCUT2D eigenvalue weighted by molar-refractivity contribution is -0.122. The van der Waals surface area contributed by atoms with Gasteiger partial charge in [-0.15, -0.1) is 0 Å². The van der Waals surface area contributed by atoms with Crippen LogP contribution >= 0.6 is 23.2 Å². The summed E-state index contributed by atoms with van der Waals surface area (Å²) in [5.41, 5.74) is 1.46. The molecule has 5 heteroatoms. The van der Waals surface area contributed by atoms with E-state index in [-0.39, 0.29) is 5.91 Å². The summed E-state index contributed by atoms with van der Waals surface area (Å²) in [7, 11) is 0. The maximum atomic E-state index is 12.2. The van der Waals surface area contributed by atoms with Crippen molar-refractivity contribution in [3.05, 3.63) is 58.1 Å². The number of rotatable bonds is 4. The Labute approximate surface area is 133 Å². The van der Waals surface area contributed by atoms with Gasteiger partial charge in [0.25, 0.3) is 5.91 Å². The van der Waals surface area contributed by atoms with Crippen molar-refractivity contribution >= 4 is 34.8 Å². The van der Waals surface area contributed by atoms with Crippen molar-refractivity contribution in [2.75, 3.05) is 5.32 Å². The van der Waals surface area contributed by atoms with Gasteiger partial charge >= 0.3 is 0 Å². The van der Waals surface area contributed by atoms with Gasteiger partial charge in [0.2, 0.25) is 0 Å². The van der Waals surface area contributed by atoms with Crippen LogP contribution in [0.25, 0.3) is 0 Å². The monoisotopic (exact) mass is 323 g/mol. The first-order valence-corrected chi connectivity index (χ1v) is 7.21. The molecule has 1 atom stereocenters. The van der Waals surface area contributed by atoms with Crippen molar-refractivity contribution in [1.82, 2.24) is 0 Å². The molecule has 0 bridgehead atoms. The maximum absolute atomic E-state index is 12.2. The van der Waals surface area contributed by atoms with Crippen molar-refractivity contribution in [1.29, 1.82) is 0 Å². The highest BCUT2D eigenvalue weighted by molar-refractivity contribution is 6.39. The molecule has 1 N–H and O–H groups in total. The molecule has 0 radical (unpaired) electrons. The molecule has 0 saturated heterocycles. The van der Waals surface area contributed by atoms with Gasteiger partial charge in [0, 0.05) is 0 Å². The second-order valence-electron chi connectivity index (χ2n) is 4.66. The molecular formula is C16H15Cl2NO2. The zero-order chi connectivity index (χ0) is 15.4. The Morgan fingerprint density at radius 3 is 2.38 bits per heavy atom. The van der Waals surface area contributed by atoms with Gasteiger partial charge in [0.15, 0.2) is 6.10 Å². The Balaban J connectivity index is 2.06. The van der Waals surface area contributed by atoms with Crippen LogP contribution in [0.5, 0.6) is 5.75 Å². The number of aryl methyl sites for hydroxylation is 1. The minimum atomic E-state index is -0.667. The molecule has 0 aliphatic heterocycles. The summed E-state index contributed by atoms with van der Waals surface area (Å²) in [6, 6.07) is 12.5. The SMILES string of the molecule is Cc1cccc(OC(C)C(=O)Nc2c(Cl)cccc2Cl)c1. The quantitative estimate of drug-likeness (QED) is 0.885. The molecule has 1 unspecified atom stereocenters. The predicted molar refractivity (Wildman–Crippen MR) is 86.4 cm³/mol. The normalized spacial score (nSPS) is 11.8. The van der Waals surface area contributed by atoms with E-state index in [0.29, 0.717) is 21.5 Å². The molecule has 1 amide bonds. The van der Waals surface area contributed by atoms with Gasteiger partial charge in [-0.05, 0) is 43.7 Å². The molecule has 3 nitrogen and oxygen atoms in total. The van der Waals surface area contributed by atoms with Crippen molar-refractivity contribution in [2.45, 2.75) is 20.0 Å². The van der Waals surface area contributed by atoms with Gasteiger partial charge in [0.05, 0.1) is 15.7 Å². The molecule has 0 saturated carbocycles. The van der Waals surface area contributed by atoms with Crippen LogP contribution in [-0.4, -0.2) is 12.0 Å². The Morgan fingerprint density at radius 2 is 1.76 bits per heavy atom. The zero-order valence-corrected chi connectivity index (χ0v) is 13.2. The number of nitrogens with one attached hydrogen (secondary N) is 1. The molecule has 2 aromatic rings. The van der Waals surface area contributed by atoms with E-state index in [4.69, 9.17) is 27.9 Å². The van der Waals surface area contributed by atoms with Crippen LogP contribution in [0.2, 0.25) is 10.0 Å². The first kappa shape index (κ1) is 15.7. The van der Waals surface area contributed by atoms with Crippen molar-refractivity contribution in [3.63, 3.8) is 0 Å². The van der Waals surface area contributed by atoms with E-state index in [2.05, 4.69) is 5.32 Å². The van der Waals surface area contributed by atoms with E-state index in [1.807, 2.05) is 25.1 Å². The molecule has 0 heterocycles. The molecule has 110 valence electrons. The highest BCUT2D eigenvalue weighted by Crippen LogP contribution is 2.30. The van der Waals surface area contributed by atoms with Gasteiger partial charge in [-0.25, -0.2) is 0 Å². The standard InChI is InChI=1S/C16H15Cl2NO2/c1-10-5-3-6-12(9-10)21-11(2)16(20)19-15-13(17)7-4-8-14(15)18/h3-9,11H,1-2H3,(H,19,20). The minimum absolute atomic E-state index is 0.313. The number of para-hydroxylation sites is 1. The molecule has 0 fully saturated rings. The maximum Gasteiger partial charge on any atom is 0.265 e. The second-order valence-corrected chi connectivity index (χ2v) is 5.48. The number of halogens is 2. The molecule has 0 aliphatic rings. The minimum Gasteiger partial charge on any atom is -0.481 e. The van der Waals surface area contributed by atoms with Crippen LogP contribution in [0, 0.1) is 6.92 Å². The number of carbonyl (C=O) groups is 1. The average molecular weight is 324 g/mol. The van der Waals surface area contributed by atoms with Gasteiger partial charge in [-0.1, -0.05) is 41.4 Å². The van der Waals surface area contributed by atoms with Gasteiger partial charge in [0.1, 0.15) is 5.75 Å². The van der Waals surface area contributed by atoms with E-state index in [1.54, 1.807) is 31.2 Å². The van der Waals surface area contributed by atoms with Gasteiger partial charge < -0.3 is 10.1 Å². The van der Waals surface area contributed by atoms with Crippen LogP contribution in [0.4, 0.5) is 5.69 Å². The summed E-state index contributed by atoms with van der Waals surface area (Å²) >= 11 is 12.0. The third kappa shape index (κ3) is 4.13. The van der Waals surface area contributed by atoms with Crippen LogP contribution in [-0.2, 0) is 4.79 Å². The molecule has 21 heavy (non-hydrogen) atoms. The summed E-state index contributed by atoms with van der Waals surface area (Å²) in [6.45, 7) is 3.63. The number of anilines is 1. The second kappa shape index (κ2) is 6.83. The molecular weight excluding hydrogens is 309 g/mol. The number of amides is 1. The fraction of sp³-hybridized carbons (Fsp3) is 0.188. The predicted octanol–water partition coefficient (Wildman–Crippen LogP) is 4.71. The highest BCUT2D eigenvalue weighted by atomic mass is 35.5. The summed E-state index contributed by atoms with van der Waals surface area (Å²) in [4.78, 5) is 12.2. The Hall–Kier alpha value is -1.71. The molecule has 2 aromatic carbocycles. The summed E-state index contributed by atoms with van der Waals surface area (Å²) < 4.78 is 5.61. The van der Waals surface area contributed by atoms with Crippen LogP contribution in [0.15, 0.2) is 42.5 Å². The van der Waals surface area contributed by atoms with E-state index in [1.165, 1.54) is 0 Å². The van der Waals surface area contributed by atoms with Crippen LogP contribution in [0.3, 0.4) is 0 Å². The lowest BCUT2D eigenvalue weighted by atomic mass is 10.2. The third-order valence-corrected chi connectivity index (χ3v) is 3.51. The molecule has 0 aromatic heterocycles. The highest BCUT2D eigenvalue weighted by Gasteiger charge is 2.17. The van der Waals surface area contributed by atoms with Crippen molar-refractivity contribution in [2.24, 2.45) is 0 Å². The lowest BCUT2D eigenvalue weighted by Gasteiger charge is -2.16. The largest absolute Gasteiger partial charge is 0.481 e. The topological polar surface area (TPSA) is 38.3 Å². The number of benzene rings is 2. The Bertz CT molecular complexity index is 638. The first-order chi connectivity index (χ1) is 9.97. The zero-order valence-electron chi connectivity index (χ0n) is 11.7. The van der Waals surface area contributed by atoms with Crippen molar-refractivity contribution < 1.29 is 9.53 Å². The van der Waals surface area contributed by atoms with Gasteiger partial charge in [-0.3, -0.25) is 4.79 Å². The molecule has 0 aliphatic carbocycles. The third-order valence-electron chi connectivity index (χ3n) is 2.88. The molecule has 0 spiro atoms.